The quantitative estimate of drug-likeness (QED) is 0.767. The van der Waals surface area contributed by atoms with Crippen molar-refractivity contribution in [1.29, 1.82) is 0 Å². The smallest absolute Gasteiger partial charge is 0.0755 e. The fourth-order valence-corrected chi connectivity index (χ4v) is 2.52. The fourth-order valence-electron chi connectivity index (χ4n) is 2.52. The predicted molar refractivity (Wildman–Crippen MR) is 73.5 cm³/mol. The van der Waals surface area contributed by atoms with Gasteiger partial charge < -0.3 is 10.1 Å². The zero-order valence-electron chi connectivity index (χ0n) is 11.4. The second-order valence-corrected chi connectivity index (χ2v) is 5.16. The Morgan fingerprint density at radius 1 is 1.39 bits per heavy atom. The van der Waals surface area contributed by atoms with Crippen LogP contribution in [0.15, 0.2) is 24.5 Å². The van der Waals surface area contributed by atoms with Crippen LogP contribution in [0.4, 0.5) is 0 Å². The number of hydrogen-bond donors (Lipinski definition) is 1. The zero-order valence-corrected chi connectivity index (χ0v) is 11.4. The van der Waals surface area contributed by atoms with Gasteiger partial charge in [-0.1, -0.05) is 6.92 Å². The van der Waals surface area contributed by atoms with Crippen molar-refractivity contribution >= 4 is 0 Å². The van der Waals surface area contributed by atoms with Crippen molar-refractivity contribution in [2.75, 3.05) is 13.7 Å². The molecule has 1 fully saturated rings. The molecule has 0 saturated heterocycles. The van der Waals surface area contributed by atoms with Crippen LogP contribution in [0, 0.1) is 5.92 Å². The Balaban J connectivity index is 1.99. The molecule has 0 aliphatic heterocycles. The van der Waals surface area contributed by atoms with E-state index in [1.807, 2.05) is 19.5 Å². The summed E-state index contributed by atoms with van der Waals surface area (Å²) in [4.78, 5) is 4.08. The highest BCUT2D eigenvalue weighted by Crippen LogP contribution is 2.36. The maximum atomic E-state index is 5.73. The Labute approximate surface area is 110 Å². The van der Waals surface area contributed by atoms with Crippen LogP contribution in [0.1, 0.15) is 31.7 Å². The van der Waals surface area contributed by atoms with Gasteiger partial charge >= 0.3 is 0 Å². The lowest BCUT2D eigenvalue weighted by Gasteiger charge is -2.27. The molecule has 0 spiro atoms. The minimum atomic E-state index is 0.352. The number of pyridine rings is 1. The first-order valence-electron chi connectivity index (χ1n) is 7.00. The van der Waals surface area contributed by atoms with E-state index in [0.29, 0.717) is 12.1 Å². The fraction of sp³-hybridized carbons (Fsp3) is 0.667. The summed E-state index contributed by atoms with van der Waals surface area (Å²) in [6.45, 7) is 3.26. The third-order valence-electron chi connectivity index (χ3n) is 3.62. The number of methoxy groups -OCH3 is 1. The molecule has 100 valence electrons. The Morgan fingerprint density at radius 2 is 2.11 bits per heavy atom. The largest absolute Gasteiger partial charge is 0.380 e. The van der Waals surface area contributed by atoms with Gasteiger partial charge in [-0.25, -0.2) is 0 Å². The van der Waals surface area contributed by atoms with Crippen LogP contribution in [0.25, 0.3) is 0 Å². The summed E-state index contributed by atoms with van der Waals surface area (Å²) in [7, 11) is 1.84. The predicted octanol–water partition coefficient (Wildman–Crippen LogP) is 2.42. The minimum Gasteiger partial charge on any atom is -0.380 e. The van der Waals surface area contributed by atoms with Gasteiger partial charge in [-0.3, -0.25) is 4.98 Å². The van der Waals surface area contributed by atoms with Crippen LogP contribution < -0.4 is 5.32 Å². The van der Waals surface area contributed by atoms with Crippen LogP contribution >= 0.6 is 0 Å². The maximum Gasteiger partial charge on any atom is 0.0755 e. The molecule has 0 amide bonds. The molecule has 1 aliphatic rings. The maximum absolute atomic E-state index is 5.73. The highest BCUT2D eigenvalue weighted by Gasteiger charge is 2.36. The molecule has 0 aromatic carbocycles. The summed E-state index contributed by atoms with van der Waals surface area (Å²) in [5.41, 5.74) is 1.33. The number of nitrogens with one attached hydrogen (secondary N) is 1. The SMILES string of the molecule is CCCNC(Cc1ccncc1)C(OC)C1CC1. The van der Waals surface area contributed by atoms with Gasteiger partial charge in [-0.2, -0.15) is 0 Å². The highest BCUT2D eigenvalue weighted by atomic mass is 16.5. The molecule has 0 bridgehead atoms. The summed E-state index contributed by atoms with van der Waals surface area (Å²) in [5.74, 6) is 0.756. The molecule has 1 aromatic heterocycles. The summed E-state index contributed by atoms with van der Waals surface area (Å²) >= 11 is 0. The summed E-state index contributed by atoms with van der Waals surface area (Å²) in [6.07, 6.45) is 8.91. The molecule has 1 aromatic rings. The van der Waals surface area contributed by atoms with E-state index >= 15 is 0 Å². The first-order chi connectivity index (χ1) is 8.85. The molecule has 1 heterocycles. The van der Waals surface area contributed by atoms with E-state index in [2.05, 4.69) is 29.4 Å². The lowest BCUT2D eigenvalue weighted by atomic mass is 9.98. The van der Waals surface area contributed by atoms with Gasteiger partial charge in [0.25, 0.3) is 0 Å². The van der Waals surface area contributed by atoms with Gasteiger partial charge in [0.05, 0.1) is 6.10 Å². The second kappa shape index (κ2) is 6.86. The van der Waals surface area contributed by atoms with Gasteiger partial charge in [0, 0.05) is 25.5 Å². The normalized spacial score (nSPS) is 18.6. The number of ether oxygens (including phenoxy) is 1. The van der Waals surface area contributed by atoms with Crippen LogP contribution in [-0.4, -0.2) is 30.8 Å². The average molecular weight is 248 g/mol. The van der Waals surface area contributed by atoms with Crippen molar-refractivity contribution in [2.45, 2.75) is 44.8 Å². The molecule has 0 radical (unpaired) electrons. The third-order valence-corrected chi connectivity index (χ3v) is 3.62. The van der Waals surface area contributed by atoms with E-state index in [9.17, 15) is 0 Å². The van der Waals surface area contributed by atoms with E-state index in [4.69, 9.17) is 4.74 Å². The molecule has 18 heavy (non-hydrogen) atoms. The standard InChI is InChI=1S/C15H24N2O/c1-3-8-17-14(15(18-2)13-4-5-13)11-12-6-9-16-10-7-12/h6-7,9-10,13-15,17H,3-5,8,11H2,1-2H3. The van der Waals surface area contributed by atoms with Crippen LogP contribution in [0.5, 0.6) is 0 Å². The van der Waals surface area contributed by atoms with E-state index in [-0.39, 0.29) is 0 Å². The molecular weight excluding hydrogens is 224 g/mol. The lowest BCUT2D eigenvalue weighted by Crippen LogP contribution is -2.44. The van der Waals surface area contributed by atoms with Crippen molar-refractivity contribution in [1.82, 2.24) is 10.3 Å². The summed E-state index contributed by atoms with van der Waals surface area (Å²) < 4.78 is 5.73. The molecular formula is C15H24N2O. The number of hydrogen-bond acceptors (Lipinski definition) is 3. The Bertz CT molecular complexity index is 338. The van der Waals surface area contributed by atoms with Crippen LogP contribution in [0.3, 0.4) is 0 Å². The molecule has 1 aliphatic carbocycles. The van der Waals surface area contributed by atoms with Crippen molar-refractivity contribution in [2.24, 2.45) is 5.92 Å². The van der Waals surface area contributed by atoms with E-state index in [1.165, 1.54) is 18.4 Å². The van der Waals surface area contributed by atoms with E-state index < -0.39 is 0 Å². The summed E-state index contributed by atoms with van der Waals surface area (Å²) in [5, 5.41) is 3.64. The lowest BCUT2D eigenvalue weighted by molar-refractivity contribution is 0.0511. The molecule has 1 saturated carbocycles. The van der Waals surface area contributed by atoms with Crippen molar-refractivity contribution in [3.05, 3.63) is 30.1 Å². The topological polar surface area (TPSA) is 34.2 Å². The Hall–Kier alpha value is -0.930. The first-order valence-corrected chi connectivity index (χ1v) is 7.00. The highest BCUT2D eigenvalue weighted by molar-refractivity contribution is 5.12. The van der Waals surface area contributed by atoms with Gasteiger partial charge in [0.2, 0.25) is 0 Å². The monoisotopic (exact) mass is 248 g/mol. The number of nitrogens with zero attached hydrogens (tertiary/aromatic N) is 1. The van der Waals surface area contributed by atoms with Gasteiger partial charge in [-0.15, -0.1) is 0 Å². The molecule has 2 unspecified atom stereocenters. The molecule has 2 rings (SSSR count). The van der Waals surface area contributed by atoms with Gasteiger partial charge in [-0.05, 0) is 55.8 Å². The van der Waals surface area contributed by atoms with E-state index in [0.717, 1.165) is 25.3 Å². The van der Waals surface area contributed by atoms with Gasteiger partial charge in [0.1, 0.15) is 0 Å². The second-order valence-electron chi connectivity index (χ2n) is 5.16. The molecule has 3 heteroatoms. The first kappa shape index (κ1) is 13.5. The molecule has 1 N–H and O–H groups in total. The Morgan fingerprint density at radius 3 is 2.67 bits per heavy atom. The zero-order chi connectivity index (χ0) is 12.8. The average Bonchev–Trinajstić information content (AvgIpc) is 3.22. The van der Waals surface area contributed by atoms with Crippen molar-refractivity contribution < 1.29 is 4.74 Å². The number of aromatic nitrogens is 1. The van der Waals surface area contributed by atoms with Crippen LogP contribution in [0.2, 0.25) is 0 Å². The minimum absolute atomic E-state index is 0.352. The van der Waals surface area contributed by atoms with Crippen molar-refractivity contribution in [3.63, 3.8) is 0 Å². The van der Waals surface area contributed by atoms with Crippen LogP contribution in [-0.2, 0) is 11.2 Å². The third kappa shape index (κ3) is 3.79. The van der Waals surface area contributed by atoms with E-state index in [1.54, 1.807) is 0 Å². The van der Waals surface area contributed by atoms with Crippen molar-refractivity contribution in [3.8, 4) is 0 Å². The molecule has 2 atom stereocenters. The Kier molecular flexibility index (Phi) is 5.14. The molecule has 3 nitrogen and oxygen atoms in total. The number of rotatable bonds is 8. The van der Waals surface area contributed by atoms with Gasteiger partial charge in [0.15, 0.2) is 0 Å². The summed E-state index contributed by atoms with van der Waals surface area (Å²) in [6, 6.07) is 4.62.